The first-order chi connectivity index (χ1) is 7.02. The number of hydrogen-bond acceptors (Lipinski definition) is 2. The number of carboxylic acids is 1. The molecule has 0 saturated carbocycles. The molecule has 0 bridgehead atoms. The number of hydrogen-bond donors (Lipinski definition) is 2. The highest BCUT2D eigenvalue weighted by Gasteiger charge is 2.19. The maximum absolute atomic E-state index is 11.6. The molecule has 0 aromatic carbocycles. The molecule has 15 heavy (non-hydrogen) atoms. The Morgan fingerprint density at radius 1 is 1.60 bits per heavy atom. The minimum atomic E-state index is -0.955. The number of rotatable bonds is 4. The van der Waals surface area contributed by atoms with Crippen molar-refractivity contribution in [3.63, 3.8) is 0 Å². The third-order valence-electron chi connectivity index (χ3n) is 2.22. The monoisotopic (exact) mass is 210 g/mol. The van der Waals surface area contributed by atoms with Gasteiger partial charge in [0.2, 0.25) is 5.91 Å². The van der Waals surface area contributed by atoms with E-state index in [0.29, 0.717) is 5.82 Å². The standard InChI is InChI=1S/C10H14N2O3/c1-7(10(14)15)6-9(13)12(2)8-4-3-5-11-8/h3-5,7,11H,6H2,1-2H3,(H,14,15). The molecule has 0 spiro atoms. The SMILES string of the molecule is CC(CC(=O)N(C)c1ccc[nH]1)C(=O)O. The van der Waals surface area contributed by atoms with Gasteiger partial charge < -0.3 is 15.0 Å². The fourth-order valence-electron chi connectivity index (χ4n) is 1.15. The molecule has 1 atom stereocenters. The van der Waals surface area contributed by atoms with Gasteiger partial charge >= 0.3 is 5.97 Å². The molecule has 1 unspecified atom stereocenters. The summed E-state index contributed by atoms with van der Waals surface area (Å²) in [6.07, 6.45) is 1.71. The molecule has 5 nitrogen and oxygen atoms in total. The highest BCUT2D eigenvalue weighted by molar-refractivity contribution is 5.93. The molecule has 1 aromatic rings. The Bertz CT molecular complexity index is 346. The Hall–Kier alpha value is -1.78. The summed E-state index contributed by atoms with van der Waals surface area (Å²) in [4.78, 5) is 26.5. The summed E-state index contributed by atoms with van der Waals surface area (Å²) in [5, 5.41) is 8.66. The van der Waals surface area contributed by atoms with Crippen LogP contribution in [0.1, 0.15) is 13.3 Å². The zero-order valence-corrected chi connectivity index (χ0v) is 8.73. The third-order valence-corrected chi connectivity index (χ3v) is 2.22. The van der Waals surface area contributed by atoms with Crippen LogP contribution in [0.15, 0.2) is 18.3 Å². The van der Waals surface area contributed by atoms with Crippen molar-refractivity contribution in [3.8, 4) is 0 Å². The van der Waals surface area contributed by atoms with Crippen LogP contribution >= 0.6 is 0 Å². The number of amides is 1. The van der Waals surface area contributed by atoms with Crippen molar-refractivity contribution in [2.45, 2.75) is 13.3 Å². The van der Waals surface area contributed by atoms with Crippen molar-refractivity contribution >= 4 is 17.7 Å². The quantitative estimate of drug-likeness (QED) is 0.781. The van der Waals surface area contributed by atoms with Crippen molar-refractivity contribution in [3.05, 3.63) is 18.3 Å². The van der Waals surface area contributed by atoms with E-state index >= 15 is 0 Å². The summed E-state index contributed by atoms with van der Waals surface area (Å²) >= 11 is 0. The minimum Gasteiger partial charge on any atom is -0.481 e. The van der Waals surface area contributed by atoms with Crippen LogP contribution in [0.2, 0.25) is 0 Å². The lowest BCUT2D eigenvalue weighted by molar-refractivity contribution is -0.143. The normalized spacial score (nSPS) is 12.1. The number of anilines is 1. The second-order valence-corrected chi connectivity index (χ2v) is 3.45. The molecule has 0 aliphatic rings. The zero-order valence-electron chi connectivity index (χ0n) is 8.73. The maximum atomic E-state index is 11.6. The van der Waals surface area contributed by atoms with Gasteiger partial charge in [0.15, 0.2) is 0 Å². The lowest BCUT2D eigenvalue weighted by Gasteiger charge is -2.16. The van der Waals surface area contributed by atoms with Crippen molar-refractivity contribution in [2.75, 3.05) is 11.9 Å². The van der Waals surface area contributed by atoms with Crippen molar-refractivity contribution in [1.82, 2.24) is 4.98 Å². The Labute approximate surface area is 87.7 Å². The molecule has 0 aliphatic carbocycles. The molecule has 1 amide bonds. The molecule has 1 rings (SSSR count). The molecular weight excluding hydrogens is 196 g/mol. The molecule has 1 heterocycles. The maximum Gasteiger partial charge on any atom is 0.306 e. The first-order valence-electron chi connectivity index (χ1n) is 4.65. The van der Waals surface area contributed by atoms with E-state index in [0.717, 1.165) is 0 Å². The summed E-state index contributed by atoms with van der Waals surface area (Å²) in [7, 11) is 1.61. The number of aromatic amines is 1. The van der Waals surface area contributed by atoms with Crippen molar-refractivity contribution in [2.24, 2.45) is 5.92 Å². The van der Waals surface area contributed by atoms with Gasteiger partial charge in [-0.2, -0.15) is 0 Å². The molecule has 0 fully saturated rings. The second kappa shape index (κ2) is 4.63. The summed E-state index contributed by atoms with van der Waals surface area (Å²) in [5.41, 5.74) is 0. The van der Waals surface area contributed by atoms with Gasteiger partial charge in [0.1, 0.15) is 5.82 Å². The smallest absolute Gasteiger partial charge is 0.306 e. The van der Waals surface area contributed by atoms with Gasteiger partial charge in [0, 0.05) is 19.7 Å². The van der Waals surface area contributed by atoms with Crippen LogP contribution in [-0.2, 0) is 9.59 Å². The van der Waals surface area contributed by atoms with E-state index in [1.165, 1.54) is 11.8 Å². The molecule has 2 N–H and O–H groups in total. The molecule has 0 saturated heterocycles. The molecule has 0 aliphatic heterocycles. The number of carboxylic acid groups (broad SMARTS) is 1. The van der Waals surface area contributed by atoms with Crippen LogP contribution in [0, 0.1) is 5.92 Å². The first kappa shape index (κ1) is 11.3. The van der Waals surface area contributed by atoms with Crippen LogP contribution in [0.4, 0.5) is 5.82 Å². The number of carbonyl (C=O) groups excluding carboxylic acids is 1. The summed E-state index contributed by atoms with van der Waals surface area (Å²) in [6, 6.07) is 3.53. The average molecular weight is 210 g/mol. The molecule has 0 radical (unpaired) electrons. The van der Waals surface area contributed by atoms with Crippen LogP contribution in [-0.4, -0.2) is 29.0 Å². The van der Waals surface area contributed by atoms with E-state index in [4.69, 9.17) is 5.11 Å². The minimum absolute atomic E-state index is 0.00481. The van der Waals surface area contributed by atoms with Gasteiger partial charge in [-0.15, -0.1) is 0 Å². The van der Waals surface area contributed by atoms with Crippen LogP contribution in [0.25, 0.3) is 0 Å². The van der Waals surface area contributed by atoms with Crippen molar-refractivity contribution in [1.29, 1.82) is 0 Å². The number of carbonyl (C=O) groups is 2. The Morgan fingerprint density at radius 2 is 2.27 bits per heavy atom. The second-order valence-electron chi connectivity index (χ2n) is 3.45. The van der Waals surface area contributed by atoms with Crippen molar-refractivity contribution < 1.29 is 14.7 Å². The summed E-state index contributed by atoms with van der Waals surface area (Å²) in [6.45, 7) is 1.52. The fourth-order valence-corrected chi connectivity index (χ4v) is 1.15. The Balaban J connectivity index is 2.58. The molecule has 1 aromatic heterocycles. The molecule has 5 heteroatoms. The topological polar surface area (TPSA) is 73.4 Å². The zero-order chi connectivity index (χ0) is 11.4. The number of H-pyrrole nitrogens is 1. The summed E-state index contributed by atoms with van der Waals surface area (Å²) in [5.74, 6) is -1.16. The van der Waals surface area contributed by atoms with E-state index in [1.54, 1.807) is 25.4 Å². The van der Waals surface area contributed by atoms with E-state index in [9.17, 15) is 9.59 Å². The predicted molar refractivity (Wildman–Crippen MR) is 55.6 cm³/mol. The number of nitrogens with one attached hydrogen (secondary N) is 1. The lowest BCUT2D eigenvalue weighted by Crippen LogP contribution is -2.29. The van der Waals surface area contributed by atoms with E-state index in [1.807, 2.05) is 0 Å². The third kappa shape index (κ3) is 2.83. The molecular formula is C10H14N2O3. The highest BCUT2D eigenvalue weighted by atomic mass is 16.4. The average Bonchev–Trinajstić information content (AvgIpc) is 2.68. The first-order valence-corrected chi connectivity index (χ1v) is 4.65. The van der Waals surface area contributed by atoms with Gasteiger partial charge in [-0.05, 0) is 12.1 Å². The van der Waals surface area contributed by atoms with Gasteiger partial charge in [-0.1, -0.05) is 6.92 Å². The van der Waals surface area contributed by atoms with Crippen LogP contribution in [0.3, 0.4) is 0 Å². The molecule has 82 valence electrons. The number of aromatic nitrogens is 1. The van der Waals surface area contributed by atoms with Gasteiger partial charge in [0.05, 0.1) is 5.92 Å². The highest BCUT2D eigenvalue weighted by Crippen LogP contribution is 2.12. The van der Waals surface area contributed by atoms with Gasteiger partial charge in [-0.3, -0.25) is 9.59 Å². The summed E-state index contributed by atoms with van der Waals surface area (Å²) < 4.78 is 0. The lowest BCUT2D eigenvalue weighted by atomic mass is 10.1. The largest absolute Gasteiger partial charge is 0.481 e. The van der Waals surface area contributed by atoms with Crippen LogP contribution in [0.5, 0.6) is 0 Å². The Kier molecular flexibility index (Phi) is 3.49. The fraction of sp³-hybridized carbons (Fsp3) is 0.400. The number of aliphatic carboxylic acids is 1. The van der Waals surface area contributed by atoms with Gasteiger partial charge in [-0.25, -0.2) is 0 Å². The Morgan fingerprint density at radius 3 is 2.73 bits per heavy atom. The van der Waals surface area contributed by atoms with E-state index < -0.39 is 11.9 Å². The van der Waals surface area contributed by atoms with Crippen LogP contribution < -0.4 is 4.90 Å². The van der Waals surface area contributed by atoms with Gasteiger partial charge in [0.25, 0.3) is 0 Å². The predicted octanol–water partition coefficient (Wildman–Crippen LogP) is 1.09. The van der Waals surface area contributed by atoms with E-state index in [-0.39, 0.29) is 12.3 Å². The van der Waals surface area contributed by atoms with E-state index in [2.05, 4.69) is 4.98 Å². The number of nitrogens with zero attached hydrogens (tertiary/aromatic N) is 1.